The second kappa shape index (κ2) is 4.21. The summed E-state index contributed by atoms with van der Waals surface area (Å²) in [7, 11) is 0. The maximum Gasteiger partial charge on any atom is 0.116 e. The topological polar surface area (TPSA) is 44.3 Å². The number of aromatic hydroxyl groups is 1. The van der Waals surface area contributed by atoms with Gasteiger partial charge in [-0.25, -0.2) is 0 Å². The first-order valence-electron chi connectivity index (χ1n) is 5.42. The summed E-state index contributed by atoms with van der Waals surface area (Å²) >= 11 is 0. The molecule has 0 amide bonds. The van der Waals surface area contributed by atoms with Gasteiger partial charge in [-0.2, -0.15) is 0 Å². The summed E-state index contributed by atoms with van der Waals surface area (Å²) in [5.74, 6) is 0.359. The zero-order valence-corrected chi connectivity index (χ0v) is 9.30. The van der Waals surface area contributed by atoms with Crippen molar-refractivity contribution in [2.75, 3.05) is 19.6 Å². The number of phenols is 1. The van der Waals surface area contributed by atoms with Crippen LogP contribution in [0.3, 0.4) is 0 Å². The lowest BCUT2D eigenvalue weighted by molar-refractivity contribution is 0.426. The third-order valence-electron chi connectivity index (χ3n) is 2.97. The van der Waals surface area contributed by atoms with Gasteiger partial charge < -0.3 is 15.7 Å². The Hall–Kier alpha value is -1.06. The lowest BCUT2D eigenvalue weighted by Gasteiger charge is -2.27. The van der Waals surface area contributed by atoms with Gasteiger partial charge in [-0.3, -0.25) is 0 Å². The second-order valence-corrected chi connectivity index (χ2v) is 4.20. The third-order valence-corrected chi connectivity index (χ3v) is 2.97. The van der Waals surface area contributed by atoms with Crippen LogP contribution in [0.5, 0.6) is 5.75 Å². The molecule has 3 nitrogen and oxygen atoms in total. The van der Waals surface area contributed by atoms with Crippen LogP contribution < -0.4 is 10.6 Å². The summed E-state index contributed by atoms with van der Waals surface area (Å²) < 4.78 is 0. The lowest BCUT2D eigenvalue weighted by Crippen LogP contribution is -2.43. The van der Waals surface area contributed by atoms with Crippen LogP contribution in [0, 0.1) is 13.8 Å². The van der Waals surface area contributed by atoms with Crippen LogP contribution in [0.25, 0.3) is 0 Å². The minimum Gasteiger partial charge on any atom is -0.508 e. The van der Waals surface area contributed by atoms with Crippen molar-refractivity contribution in [2.24, 2.45) is 0 Å². The van der Waals surface area contributed by atoms with Crippen molar-refractivity contribution < 1.29 is 5.11 Å². The van der Waals surface area contributed by atoms with Crippen molar-refractivity contribution in [2.45, 2.75) is 19.9 Å². The molecule has 3 N–H and O–H groups in total. The van der Waals surface area contributed by atoms with E-state index in [0.717, 1.165) is 30.8 Å². The molecular formula is C12H18N2O. The van der Waals surface area contributed by atoms with Crippen molar-refractivity contribution in [1.82, 2.24) is 10.6 Å². The standard InChI is InChI=1S/C12H18N2O/c1-8-5-10(15)6-9(2)12(8)11-7-13-3-4-14-11/h5-6,11,13-15H,3-4,7H2,1-2H3/t11-/m0/s1. The summed E-state index contributed by atoms with van der Waals surface area (Å²) in [6.07, 6.45) is 0. The fourth-order valence-corrected chi connectivity index (χ4v) is 2.36. The maximum atomic E-state index is 9.48. The van der Waals surface area contributed by atoms with Crippen molar-refractivity contribution in [3.8, 4) is 5.75 Å². The number of phenolic OH excluding ortho intramolecular Hbond substituents is 1. The Morgan fingerprint density at radius 1 is 1.20 bits per heavy atom. The maximum absolute atomic E-state index is 9.48. The van der Waals surface area contributed by atoms with E-state index in [4.69, 9.17) is 0 Å². The highest BCUT2D eigenvalue weighted by atomic mass is 16.3. The molecule has 0 saturated carbocycles. The first kappa shape index (κ1) is 10.5. The van der Waals surface area contributed by atoms with Gasteiger partial charge in [0.05, 0.1) is 0 Å². The van der Waals surface area contributed by atoms with Gasteiger partial charge in [-0.1, -0.05) is 0 Å². The fourth-order valence-electron chi connectivity index (χ4n) is 2.36. The molecule has 1 aromatic carbocycles. The molecule has 0 spiro atoms. The summed E-state index contributed by atoms with van der Waals surface area (Å²) in [5, 5.41) is 16.4. The molecule has 1 aliphatic rings. The summed E-state index contributed by atoms with van der Waals surface area (Å²) in [5.41, 5.74) is 3.64. The average Bonchev–Trinajstić information content (AvgIpc) is 2.17. The van der Waals surface area contributed by atoms with Crippen LogP contribution in [0.15, 0.2) is 12.1 Å². The van der Waals surface area contributed by atoms with E-state index in [1.165, 1.54) is 5.56 Å². The second-order valence-electron chi connectivity index (χ2n) is 4.20. The molecule has 0 aliphatic carbocycles. The van der Waals surface area contributed by atoms with Gasteiger partial charge in [0.15, 0.2) is 0 Å². The van der Waals surface area contributed by atoms with E-state index in [0.29, 0.717) is 11.8 Å². The van der Waals surface area contributed by atoms with Crippen LogP contribution >= 0.6 is 0 Å². The number of nitrogens with one attached hydrogen (secondary N) is 2. The highest BCUT2D eigenvalue weighted by molar-refractivity contribution is 5.42. The molecule has 0 radical (unpaired) electrons. The van der Waals surface area contributed by atoms with Crippen LogP contribution in [-0.4, -0.2) is 24.7 Å². The Balaban J connectivity index is 2.33. The van der Waals surface area contributed by atoms with Crippen molar-refractivity contribution in [1.29, 1.82) is 0 Å². The molecule has 82 valence electrons. The molecule has 15 heavy (non-hydrogen) atoms. The number of aryl methyl sites for hydroxylation is 2. The molecule has 1 heterocycles. The third kappa shape index (κ3) is 2.13. The predicted octanol–water partition coefficient (Wildman–Crippen LogP) is 1.24. The highest BCUT2D eigenvalue weighted by Gasteiger charge is 2.18. The zero-order valence-electron chi connectivity index (χ0n) is 9.30. The van der Waals surface area contributed by atoms with E-state index in [9.17, 15) is 5.11 Å². The number of benzene rings is 1. The lowest BCUT2D eigenvalue weighted by atomic mass is 9.95. The summed E-state index contributed by atoms with van der Waals surface area (Å²) in [6, 6.07) is 4.04. The van der Waals surface area contributed by atoms with E-state index in [-0.39, 0.29) is 0 Å². The smallest absolute Gasteiger partial charge is 0.116 e. The number of piperazine rings is 1. The van der Waals surface area contributed by atoms with Crippen molar-refractivity contribution >= 4 is 0 Å². The first-order valence-corrected chi connectivity index (χ1v) is 5.42. The van der Waals surface area contributed by atoms with Crippen LogP contribution in [0.2, 0.25) is 0 Å². The molecule has 0 unspecified atom stereocenters. The monoisotopic (exact) mass is 206 g/mol. The summed E-state index contributed by atoms with van der Waals surface area (Å²) in [6.45, 7) is 7.11. The zero-order chi connectivity index (χ0) is 10.8. The van der Waals surface area contributed by atoms with E-state index in [1.54, 1.807) is 0 Å². The number of hydrogen-bond donors (Lipinski definition) is 3. The minimum atomic E-state index is 0.359. The van der Waals surface area contributed by atoms with E-state index in [1.807, 2.05) is 12.1 Å². The quantitative estimate of drug-likeness (QED) is 0.648. The molecular weight excluding hydrogens is 188 g/mol. The van der Waals surface area contributed by atoms with Crippen LogP contribution in [0.4, 0.5) is 0 Å². The normalized spacial score (nSPS) is 21.6. The molecule has 1 aromatic rings. The van der Waals surface area contributed by atoms with Crippen LogP contribution in [-0.2, 0) is 0 Å². The van der Waals surface area contributed by atoms with Gasteiger partial charge in [0, 0.05) is 25.7 Å². The number of hydrogen-bond acceptors (Lipinski definition) is 3. The molecule has 0 aromatic heterocycles. The Morgan fingerprint density at radius 2 is 1.87 bits per heavy atom. The highest BCUT2D eigenvalue weighted by Crippen LogP contribution is 2.26. The van der Waals surface area contributed by atoms with Crippen molar-refractivity contribution in [3.05, 3.63) is 28.8 Å². The van der Waals surface area contributed by atoms with Crippen molar-refractivity contribution in [3.63, 3.8) is 0 Å². The molecule has 2 rings (SSSR count). The molecule has 1 saturated heterocycles. The SMILES string of the molecule is Cc1cc(O)cc(C)c1[C@@H]1CNCCN1. The number of rotatable bonds is 1. The Labute approximate surface area is 90.5 Å². The van der Waals surface area contributed by atoms with Gasteiger partial charge in [0.2, 0.25) is 0 Å². The average molecular weight is 206 g/mol. The van der Waals surface area contributed by atoms with E-state index < -0.39 is 0 Å². The van der Waals surface area contributed by atoms with Gasteiger partial charge in [0.1, 0.15) is 5.75 Å². The fraction of sp³-hybridized carbons (Fsp3) is 0.500. The minimum absolute atomic E-state index is 0.359. The Morgan fingerprint density at radius 3 is 2.40 bits per heavy atom. The first-order chi connectivity index (χ1) is 7.18. The van der Waals surface area contributed by atoms with Gasteiger partial charge in [0.25, 0.3) is 0 Å². The van der Waals surface area contributed by atoms with E-state index in [2.05, 4.69) is 24.5 Å². The molecule has 1 aliphatic heterocycles. The Bertz CT molecular complexity index is 334. The summed E-state index contributed by atoms with van der Waals surface area (Å²) in [4.78, 5) is 0. The van der Waals surface area contributed by atoms with Gasteiger partial charge in [-0.15, -0.1) is 0 Å². The molecule has 3 heteroatoms. The van der Waals surface area contributed by atoms with E-state index >= 15 is 0 Å². The molecule has 0 bridgehead atoms. The molecule has 1 fully saturated rings. The molecule has 1 atom stereocenters. The van der Waals surface area contributed by atoms with Gasteiger partial charge >= 0.3 is 0 Å². The Kier molecular flexibility index (Phi) is 2.93. The van der Waals surface area contributed by atoms with Crippen LogP contribution in [0.1, 0.15) is 22.7 Å². The van der Waals surface area contributed by atoms with Gasteiger partial charge in [-0.05, 0) is 42.7 Å². The predicted molar refractivity (Wildman–Crippen MR) is 61.2 cm³/mol. The largest absolute Gasteiger partial charge is 0.508 e.